The van der Waals surface area contributed by atoms with Crippen LogP contribution in [0.5, 0.6) is 0 Å². The Hall–Kier alpha value is -2.25. The second-order valence-corrected chi connectivity index (χ2v) is 26.8. The third-order valence-electron chi connectivity index (χ3n) is 18.2. The summed E-state index contributed by atoms with van der Waals surface area (Å²) >= 11 is 0. The topological polar surface area (TPSA) is 25.3 Å². The summed E-state index contributed by atoms with van der Waals surface area (Å²) < 4.78 is 1.70. The Kier molecular flexibility index (Phi) is 62.2. The third-order valence-corrected chi connectivity index (χ3v) is 18.2. The Morgan fingerprint density at radius 1 is 0.299 bits per heavy atom. The van der Waals surface area contributed by atoms with Gasteiger partial charge in [-0.2, -0.15) is 12.8 Å². The first-order valence-corrected chi connectivity index (χ1v) is 38.8. The van der Waals surface area contributed by atoms with Crippen molar-refractivity contribution in [3.8, 4) is 0 Å². The molecule has 1 heterocycles. The van der Waals surface area contributed by atoms with Gasteiger partial charge in [0.1, 0.15) is 0 Å². The van der Waals surface area contributed by atoms with E-state index in [0.29, 0.717) is 0 Å². The molecule has 87 heavy (non-hydrogen) atoms. The molecule has 0 amide bonds. The Bertz CT molecular complexity index is 1860. The molecule has 0 atom stereocenters. The zero-order chi connectivity index (χ0) is 62.6. The van der Waals surface area contributed by atoms with Gasteiger partial charge in [0.15, 0.2) is 0 Å². The van der Waals surface area contributed by atoms with E-state index in [1.807, 2.05) is 0 Å². The minimum atomic E-state index is 0. The standard InChI is InChI=1S/C76H130N2.2C4H9.Ni/c1-7-13-19-23-27-28-29-30-31-32-33-34-35-36-37-38-39-40-41-42-43-44-45-46-50-54-60-74-73(59-53-49-26-22-16-10-4)76(78(77)75(74)71-63-67(55-17-11-5)61-68(64-71)56-18-12-6)72-65-69(57-51-47-24-20-14-8-2)62-70(66-72)58-52-48-25-21-15-9-3;2*1-3-4-2;/h54,60-66H,7-53,55-59H2,1-6H3;2*1,3-4H2,2H3;/q;2*-1;+2. The molecule has 0 unspecified atom stereocenters. The Labute approximate surface area is 556 Å². The van der Waals surface area contributed by atoms with E-state index in [1.165, 1.54) is 353 Å². The minimum absolute atomic E-state index is 0. The Morgan fingerprint density at radius 2 is 0.540 bits per heavy atom. The minimum Gasteiger partial charge on any atom is -0.493 e. The van der Waals surface area contributed by atoms with Crippen molar-refractivity contribution >= 4 is 11.4 Å². The van der Waals surface area contributed by atoms with Gasteiger partial charge < -0.3 is 19.4 Å². The van der Waals surface area contributed by atoms with Crippen molar-refractivity contribution in [1.29, 1.82) is 0 Å². The maximum absolute atomic E-state index is 13.1. The van der Waals surface area contributed by atoms with Gasteiger partial charge in [0, 0.05) is 16.7 Å². The van der Waals surface area contributed by atoms with Crippen LogP contribution in [-0.2, 0) is 42.2 Å². The number of aryl methyl sites for hydroxylation is 4. The fourth-order valence-electron chi connectivity index (χ4n) is 12.5. The van der Waals surface area contributed by atoms with Crippen LogP contribution >= 0.6 is 0 Å². The molecule has 3 rings (SSSR count). The van der Waals surface area contributed by atoms with Crippen molar-refractivity contribution in [1.82, 2.24) is 0 Å². The third kappa shape index (κ3) is 44.8. The summed E-state index contributed by atoms with van der Waals surface area (Å²) in [6.45, 7) is 25.4. The largest absolute Gasteiger partial charge is 2.00 e. The van der Waals surface area contributed by atoms with E-state index in [1.54, 1.807) is 4.70 Å². The first-order valence-electron chi connectivity index (χ1n) is 38.8. The number of unbranched alkanes of at least 4 members (excludes halogenated alkanes) is 43. The summed E-state index contributed by atoms with van der Waals surface area (Å²) in [4.78, 5) is 0. The summed E-state index contributed by atoms with van der Waals surface area (Å²) in [7, 11) is 0. The van der Waals surface area contributed by atoms with E-state index >= 15 is 0 Å². The summed E-state index contributed by atoms with van der Waals surface area (Å²) in [6.07, 6.45) is 78.7. The molecule has 0 spiro atoms. The molecule has 3 heteroatoms. The van der Waals surface area contributed by atoms with Gasteiger partial charge in [0.2, 0.25) is 11.4 Å². The number of benzene rings is 2. The van der Waals surface area contributed by atoms with E-state index in [0.717, 1.165) is 62.8 Å². The average molecular weight is 1240 g/mol. The van der Waals surface area contributed by atoms with E-state index in [-0.39, 0.29) is 16.5 Å². The molecule has 1 aliphatic rings. The number of nitrogens with zero attached hydrogens (tertiary/aromatic N) is 2. The maximum Gasteiger partial charge on any atom is 2.00 e. The molecule has 0 saturated carbocycles. The van der Waals surface area contributed by atoms with Gasteiger partial charge >= 0.3 is 16.5 Å². The van der Waals surface area contributed by atoms with Crippen LogP contribution in [-0.4, -0.2) is 4.70 Å². The summed E-state index contributed by atoms with van der Waals surface area (Å²) in [5, 5.41) is 0. The molecular formula is C84H148N2Ni. The van der Waals surface area contributed by atoms with Crippen molar-refractivity contribution in [2.45, 2.75) is 415 Å². The van der Waals surface area contributed by atoms with Gasteiger partial charge in [-0.25, -0.2) is 4.70 Å². The van der Waals surface area contributed by atoms with Gasteiger partial charge in [-0.3, -0.25) is 0 Å². The quantitative estimate of drug-likeness (QED) is 0.0273. The van der Waals surface area contributed by atoms with E-state index < -0.39 is 0 Å². The Morgan fingerprint density at radius 3 is 0.828 bits per heavy atom. The monoisotopic (exact) mass is 1240 g/mol. The molecule has 0 radical (unpaired) electrons. The van der Waals surface area contributed by atoms with E-state index in [9.17, 15) is 5.53 Å². The zero-order valence-electron chi connectivity index (χ0n) is 59.8. The van der Waals surface area contributed by atoms with Crippen LogP contribution in [0.2, 0.25) is 0 Å². The number of hydrogen-bond donors (Lipinski definition) is 0. The molecular weight excluding hydrogens is 1100 g/mol. The molecule has 2 nitrogen and oxygen atoms in total. The summed E-state index contributed by atoms with van der Waals surface area (Å²) in [5.41, 5.74) is 26.0. The molecule has 2 aromatic carbocycles. The predicted octanol–water partition coefficient (Wildman–Crippen LogP) is 29.7. The molecule has 0 aromatic heterocycles. The summed E-state index contributed by atoms with van der Waals surface area (Å²) in [6, 6.07) is 14.9. The molecule has 0 N–H and O–H groups in total. The fourth-order valence-corrected chi connectivity index (χ4v) is 12.5. The molecule has 0 saturated heterocycles. The smallest absolute Gasteiger partial charge is 0.493 e. The molecule has 1 aliphatic heterocycles. The summed E-state index contributed by atoms with van der Waals surface area (Å²) in [5.74, 6) is 0. The maximum atomic E-state index is 13.1. The van der Waals surface area contributed by atoms with Crippen LogP contribution in [0.1, 0.15) is 423 Å². The van der Waals surface area contributed by atoms with Gasteiger partial charge in [-0.15, -0.1) is 0 Å². The second kappa shape index (κ2) is 63.9. The number of rotatable bonds is 57. The van der Waals surface area contributed by atoms with E-state index in [2.05, 4.69) is 118 Å². The first-order chi connectivity index (χ1) is 42.3. The fraction of sp³-hybridized carbons (Fsp3) is 0.762. The van der Waals surface area contributed by atoms with E-state index in [4.69, 9.17) is 0 Å². The van der Waals surface area contributed by atoms with Crippen LogP contribution in [0.15, 0.2) is 59.7 Å². The van der Waals surface area contributed by atoms with Crippen LogP contribution in [0, 0.1) is 13.8 Å². The normalized spacial score (nSPS) is 12.3. The average Bonchev–Trinajstić information content (AvgIpc) is 1.67. The van der Waals surface area contributed by atoms with Crippen molar-refractivity contribution < 1.29 is 21.2 Å². The predicted molar refractivity (Wildman–Crippen MR) is 390 cm³/mol. The van der Waals surface area contributed by atoms with Gasteiger partial charge in [-0.05, 0) is 124 Å². The van der Waals surface area contributed by atoms with Gasteiger partial charge in [-0.1, -0.05) is 349 Å². The number of hydrogen-bond acceptors (Lipinski definition) is 0. The van der Waals surface area contributed by atoms with Crippen molar-refractivity contribution in [3.63, 3.8) is 0 Å². The molecule has 2 aromatic rings. The molecule has 0 bridgehead atoms. The van der Waals surface area contributed by atoms with Gasteiger partial charge in [0.05, 0.1) is 5.57 Å². The molecule has 0 fully saturated rings. The van der Waals surface area contributed by atoms with Crippen LogP contribution in [0.4, 0.5) is 0 Å². The SMILES string of the molecule is CCCCCCCCCCCCCCCCCCCCCCCCCCC=CC1=C(c2cc(CCCC)cc(CCCC)c2)[N+](=[N-])C(c2cc(CCCCCCCC)cc(CCCCCCCC)c2)=C1CCCCCCCC.[CH2-]CCC.[CH2-]CCC.[Ni+2]. The molecule has 0 aliphatic carbocycles. The first kappa shape index (κ1) is 84.8. The van der Waals surface area contributed by atoms with Crippen LogP contribution < -0.4 is 0 Å². The van der Waals surface area contributed by atoms with Gasteiger partial charge in [0.25, 0.3) is 0 Å². The zero-order valence-corrected chi connectivity index (χ0v) is 60.8. The van der Waals surface area contributed by atoms with Crippen LogP contribution in [0.3, 0.4) is 0 Å². The van der Waals surface area contributed by atoms with Crippen LogP contribution in [0.25, 0.3) is 16.9 Å². The van der Waals surface area contributed by atoms with Crippen molar-refractivity contribution in [3.05, 3.63) is 112 Å². The molecule has 504 valence electrons. The van der Waals surface area contributed by atoms with Crippen molar-refractivity contribution in [2.24, 2.45) is 0 Å². The second-order valence-electron chi connectivity index (χ2n) is 26.8. The Balaban J connectivity index is 0.00000771. The number of allylic oxidation sites excluding steroid dienone is 4. The van der Waals surface area contributed by atoms with Crippen molar-refractivity contribution in [2.75, 3.05) is 0 Å².